The molecule has 2 atom stereocenters. The molecule has 1 aliphatic rings. The second-order valence-electron chi connectivity index (χ2n) is 4.71. The third-order valence-electron chi connectivity index (χ3n) is 3.39. The van der Waals surface area contributed by atoms with Crippen LogP contribution in [0.4, 0.5) is 11.5 Å². The Balaban J connectivity index is 2.36. The van der Waals surface area contributed by atoms with Crippen molar-refractivity contribution in [3.8, 4) is 0 Å². The van der Waals surface area contributed by atoms with Crippen LogP contribution in [0.15, 0.2) is 10.7 Å². The predicted molar refractivity (Wildman–Crippen MR) is 72.7 cm³/mol. The fourth-order valence-electron chi connectivity index (χ4n) is 2.13. The zero-order valence-electron chi connectivity index (χ0n) is 10.3. The van der Waals surface area contributed by atoms with Gasteiger partial charge in [0.15, 0.2) is 0 Å². The topological polar surface area (TPSA) is 85.3 Å². The number of nitro groups is 1. The maximum Gasteiger partial charge on any atom is 0.291 e. The van der Waals surface area contributed by atoms with Gasteiger partial charge in [0, 0.05) is 24.7 Å². The number of hydrogen-bond acceptors (Lipinski definition) is 5. The molecule has 1 aliphatic heterocycles. The molecule has 0 spiro atoms. The van der Waals surface area contributed by atoms with E-state index in [4.69, 9.17) is 5.73 Å². The molecule has 0 bridgehead atoms. The van der Waals surface area contributed by atoms with Crippen LogP contribution in [0.2, 0.25) is 0 Å². The number of aromatic nitrogens is 1. The van der Waals surface area contributed by atoms with Gasteiger partial charge < -0.3 is 10.6 Å². The highest BCUT2D eigenvalue weighted by molar-refractivity contribution is 9.10. The molecule has 2 N–H and O–H groups in total. The monoisotopic (exact) mass is 314 g/mol. The number of nitrogens with zero attached hydrogens (tertiary/aromatic N) is 3. The lowest BCUT2D eigenvalue weighted by molar-refractivity contribution is -0.385. The molecule has 1 aromatic heterocycles. The molecule has 0 aromatic carbocycles. The van der Waals surface area contributed by atoms with Crippen LogP contribution in [0.25, 0.3) is 0 Å². The smallest absolute Gasteiger partial charge is 0.291 e. The molecule has 2 unspecified atom stereocenters. The fraction of sp³-hybridized carbons (Fsp3) is 0.545. The molecule has 1 fully saturated rings. The number of halogens is 1. The maximum atomic E-state index is 10.8. The van der Waals surface area contributed by atoms with E-state index in [0.717, 1.165) is 18.9 Å². The lowest BCUT2D eigenvalue weighted by Gasteiger charge is -2.19. The molecule has 0 radical (unpaired) electrons. The van der Waals surface area contributed by atoms with Crippen LogP contribution in [-0.4, -0.2) is 29.0 Å². The maximum absolute atomic E-state index is 10.8. The third kappa shape index (κ3) is 2.20. The van der Waals surface area contributed by atoms with Crippen molar-refractivity contribution >= 4 is 27.4 Å². The highest BCUT2D eigenvalue weighted by Gasteiger charge is 2.30. The van der Waals surface area contributed by atoms with E-state index in [1.807, 2.05) is 0 Å². The first kappa shape index (κ1) is 13.2. The second kappa shape index (κ2) is 4.81. The number of hydrogen-bond donors (Lipinski definition) is 1. The van der Waals surface area contributed by atoms with Crippen molar-refractivity contribution in [3.05, 3.63) is 26.3 Å². The first-order valence-electron chi connectivity index (χ1n) is 5.71. The van der Waals surface area contributed by atoms with Crippen LogP contribution in [0.5, 0.6) is 0 Å². The molecule has 7 heteroatoms. The summed E-state index contributed by atoms with van der Waals surface area (Å²) in [7, 11) is 0. The summed E-state index contributed by atoms with van der Waals surface area (Å²) in [5.74, 6) is 1.13. The average Bonchev–Trinajstić information content (AvgIpc) is 2.62. The summed E-state index contributed by atoms with van der Waals surface area (Å²) in [6.07, 6.45) is 1.31. The highest BCUT2D eigenvalue weighted by Crippen LogP contribution is 2.34. The minimum Gasteiger partial charge on any atom is -0.354 e. The predicted octanol–water partition coefficient (Wildman–Crippen LogP) is 1.84. The van der Waals surface area contributed by atoms with Gasteiger partial charge in [0.05, 0.1) is 9.40 Å². The first-order valence-corrected chi connectivity index (χ1v) is 6.51. The van der Waals surface area contributed by atoms with Crippen molar-refractivity contribution in [1.82, 2.24) is 4.98 Å². The van der Waals surface area contributed by atoms with Crippen LogP contribution in [0.3, 0.4) is 0 Å². The van der Waals surface area contributed by atoms with Gasteiger partial charge in [-0.15, -0.1) is 0 Å². The molecule has 0 aliphatic carbocycles. The van der Waals surface area contributed by atoms with Crippen LogP contribution >= 0.6 is 15.9 Å². The number of rotatable bonds is 2. The van der Waals surface area contributed by atoms with Gasteiger partial charge in [-0.05, 0) is 28.8 Å². The Morgan fingerprint density at radius 2 is 2.28 bits per heavy atom. The normalized spacial score (nSPS) is 23.4. The summed E-state index contributed by atoms with van der Waals surface area (Å²) in [5.41, 5.74) is 6.60. The highest BCUT2D eigenvalue weighted by atomic mass is 79.9. The number of anilines is 1. The van der Waals surface area contributed by atoms with Crippen LogP contribution in [0, 0.1) is 23.0 Å². The van der Waals surface area contributed by atoms with E-state index < -0.39 is 4.92 Å². The lowest BCUT2D eigenvalue weighted by Crippen LogP contribution is -2.28. The van der Waals surface area contributed by atoms with Gasteiger partial charge in [0.2, 0.25) is 0 Å². The Hall–Kier alpha value is -1.21. The Labute approximate surface area is 113 Å². The van der Waals surface area contributed by atoms with Crippen LogP contribution in [-0.2, 0) is 0 Å². The third-order valence-corrected chi connectivity index (χ3v) is 4.33. The minimum atomic E-state index is -0.421. The Morgan fingerprint density at radius 1 is 1.61 bits per heavy atom. The van der Waals surface area contributed by atoms with Crippen molar-refractivity contribution in [2.45, 2.75) is 19.9 Å². The molecule has 6 nitrogen and oxygen atoms in total. The SMILES string of the molecule is Cc1c([N+](=O)[O-])cnc(N2CC(C)C(N)C2)c1Br. The first-order chi connectivity index (χ1) is 8.41. The summed E-state index contributed by atoms with van der Waals surface area (Å²) < 4.78 is 0.679. The molecule has 2 heterocycles. The van der Waals surface area contributed by atoms with E-state index >= 15 is 0 Å². The molecule has 1 aromatic rings. The standard InChI is InChI=1S/C11H15BrN4O2/c1-6-4-15(5-8(6)13)11-10(12)7(2)9(3-14-11)16(17)18/h3,6,8H,4-5,13H2,1-2H3. The summed E-state index contributed by atoms with van der Waals surface area (Å²) in [4.78, 5) is 16.7. The van der Waals surface area contributed by atoms with E-state index in [2.05, 4.69) is 32.7 Å². The summed E-state index contributed by atoms with van der Waals surface area (Å²) in [6, 6.07) is 0.120. The van der Waals surface area contributed by atoms with Gasteiger partial charge in [-0.3, -0.25) is 10.1 Å². The molecule has 0 amide bonds. The van der Waals surface area contributed by atoms with E-state index in [9.17, 15) is 10.1 Å². The number of nitrogens with two attached hydrogens (primary N) is 1. The molecule has 98 valence electrons. The van der Waals surface area contributed by atoms with Crippen molar-refractivity contribution in [1.29, 1.82) is 0 Å². The van der Waals surface area contributed by atoms with Gasteiger partial charge in [-0.25, -0.2) is 4.98 Å². The Kier molecular flexibility index (Phi) is 3.54. The average molecular weight is 315 g/mol. The molecular formula is C11H15BrN4O2. The van der Waals surface area contributed by atoms with Gasteiger partial charge in [0.25, 0.3) is 5.69 Å². The summed E-state index contributed by atoms with van der Waals surface area (Å²) in [6.45, 7) is 5.36. The number of pyridine rings is 1. The van der Waals surface area contributed by atoms with Gasteiger partial charge in [0.1, 0.15) is 12.0 Å². The van der Waals surface area contributed by atoms with Gasteiger partial charge in [-0.2, -0.15) is 0 Å². The van der Waals surface area contributed by atoms with Gasteiger partial charge >= 0.3 is 0 Å². The van der Waals surface area contributed by atoms with E-state index in [1.54, 1.807) is 6.92 Å². The van der Waals surface area contributed by atoms with Crippen molar-refractivity contribution in [2.75, 3.05) is 18.0 Å². The molecule has 0 saturated carbocycles. The van der Waals surface area contributed by atoms with Crippen molar-refractivity contribution in [3.63, 3.8) is 0 Å². The largest absolute Gasteiger partial charge is 0.354 e. The minimum absolute atomic E-state index is 0.0298. The zero-order valence-corrected chi connectivity index (χ0v) is 11.8. The summed E-state index contributed by atoms with van der Waals surface area (Å²) in [5, 5.41) is 10.8. The van der Waals surface area contributed by atoms with E-state index in [0.29, 0.717) is 16.0 Å². The van der Waals surface area contributed by atoms with Crippen LogP contribution in [0.1, 0.15) is 12.5 Å². The Bertz CT molecular complexity index is 484. The quantitative estimate of drug-likeness (QED) is 0.665. The zero-order chi connectivity index (χ0) is 13.4. The summed E-state index contributed by atoms with van der Waals surface area (Å²) >= 11 is 3.40. The second-order valence-corrected chi connectivity index (χ2v) is 5.50. The molecular weight excluding hydrogens is 300 g/mol. The lowest BCUT2D eigenvalue weighted by atomic mass is 10.1. The van der Waals surface area contributed by atoms with Crippen LogP contribution < -0.4 is 10.6 Å². The van der Waals surface area contributed by atoms with E-state index in [1.165, 1.54) is 6.20 Å². The van der Waals surface area contributed by atoms with Gasteiger partial charge in [-0.1, -0.05) is 6.92 Å². The molecule has 2 rings (SSSR count). The van der Waals surface area contributed by atoms with E-state index in [-0.39, 0.29) is 11.7 Å². The van der Waals surface area contributed by atoms with Crippen molar-refractivity contribution < 1.29 is 4.92 Å². The molecule has 18 heavy (non-hydrogen) atoms. The molecule has 1 saturated heterocycles. The Morgan fingerprint density at radius 3 is 2.78 bits per heavy atom. The fourth-order valence-corrected chi connectivity index (χ4v) is 2.68. The van der Waals surface area contributed by atoms with Crippen molar-refractivity contribution in [2.24, 2.45) is 11.7 Å².